The Morgan fingerprint density at radius 2 is 1.94 bits per heavy atom. The van der Waals surface area contributed by atoms with Crippen molar-refractivity contribution in [1.29, 1.82) is 0 Å². The molecule has 4 rings (SSSR count). The van der Waals surface area contributed by atoms with Crippen LogP contribution >= 0.6 is 0 Å². The van der Waals surface area contributed by atoms with Crippen molar-refractivity contribution in [3.8, 4) is 0 Å². The smallest absolute Gasteiger partial charge is 0.303 e. The number of alkyl halides is 2. The molecule has 0 unspecified atom stereocenters. The number of carbonyl (C=O) groups is 3. The molecule has 3 saturated carbocycles. The van der Waals surface area contributed by atoms with Crippen LogP contribution in [0.1, 0.15) is 47.0 Å². The summed E-state index contributed by atoms with van der Waals surface area (Å²) >= 11 is 0. The zero-order valence-corrected chi connectivity index (χ0v) is 18.4. The molecule has 0 spiro atoms. The predicted octanol–water partition coefficient (Wildman–Crippen LogP) is 3.30. The number of halogens is 2. The molecule has 0 aromatic heterocycles. The van der Waals surface area contributed by atoms with Crippen LogP contribution in [0, 0.1) is 34.5 Å². The van der Waals surface area contributed by atoms with Crippen molar-refractivity contribution in [2.45, 2.75) is 64.9 Å². The van der Waals surface area contributed by atoms with Gasteiger partial charge in [-0.3, -0.25) is 14.4 Å². The third-order valence-corrected chi connectivity index (χ3v) is 8.73. The number of allylic oxidation sites excluding steroid dienone is 4. The van der Waals surface area contributed by atoms with Gasteiger partial charge in [-0.1, -0.05) is 19.9 Å². The number of carbonyl (C=O) groups excluding carboxylic acids is 3. The number of aliphatic hydroxyl groups is 1. The average Bonchev–Trinajstić information content (AvgIpc) is 2.94. The number of Topliss-reactive ketones (excluding diaryl/α,β-unsaturated/α-hetero) is 1. The Labute approximate surface area is 180 Å². The highest BCUT2D eigenvalue weighted by Crippen LogP contribution is 2.70. The second-order valence-electron chi connectivity index (χ2n) is 10.4. The summed E-state index contributed by atoms with van der Waals surface area (Å²) in [5, 5.41) is 11.2. The maximum Gasteiger partial charge on any atom is 0.303 e. The summed E-state index contributed by atoms with van der Waals surface area (Å²) < 4.78 is 37.2. The number of esters is 1. The first kappa shape index (κ1) is 22.3. The number of ketones is 2. The lowest BCUT2D eigenvalue weighted by atomic mass is 9.45. The van der Waals surface area contributed by atoms with Crippen LogP contribution in [0.15, 0.2) is 23.8 Å². The minimum Gasteiger partial charge on any atom is -0.458 e. The minimum absolute atomic E-state index is 0.0487. The van der Waals surface area contributed by atoms with Crippen molar-refractivity contribution in [2.24, 2.45) is 34.5 Å². The second kappa shape index (κ2) is 7.06. The molecule has 4 aliphatic rings. The van der Waals surface area contributed by atoms with Crippen molar-refractivity contribution in [1.82, 2.24) is 0 Å². The Morgan fingerprint density at radius 3 is 2.58 bits per heavy atom. The lowest BCUT2D eigenvalue weighted by molar-refractivity contribution is -0.202. The monoisotopic (exact) mass is 436 g/mol. The van der Waals surface area contributed by atoms with Crippen LogP contribution in [0.3, 0.4) is 0 Å². The molecule has 5 nitrogen and oxygen atoms in total. The van der Waals surface area contributed by atoms with Crippen LogP contribution in [0.5, 0.6) is 0 Å². The normalized spacial score (nSPS) is 48.4. The van der Waals surface area contributed by atoms with Gasteiger partial charge >= 0.3 is 5.97 Å². The Hall–Kier alpha value is -1.89. The van der Waals surface area contributed by atoms with E-state index in [0.29, 0.717) is 6.42 Å². The average molecular weight is 436 g/mol. The SMILES string of the molecule is CC(=O)OCC(=O)[C@H]1[C@H](C)C[C@H]2[C@@H]3C[C@H](F)C4=CC(=O)C=C[C@]4(C)[C@@]3(F)[C@@H](O)C[C@@]21C. The number of aliphatic hydroxyl groups excluding tert-OH is 1. The molecule has 31 heavy (non-hydrogen) atoms. The summed E-state index contributed by atoms with van der Waals surface area (Å²) in [5.74, 6) is -2.91. The number of ether oxygens (including phenoxy) is 1. The van der Waals surface area contributed by atoms with Gasteiger partial charge in [-0.2, -0.15) is 0 Å². The molecule has 170 valence electrons. The molecule has 0 heterocycles. The van der Waals surface area contributed by atoms with E-state index in [2.05, 4.69) is 0 Å². The Morgan fingerprint density at radius 1 is 1.26 bits per heavy atom. The van der Waals surface area contributed by atoms with E-state index in [9.17, 15) is 19.5 Å². The largest absolute Gasteiger partial charge is 0.458 e. The summed E-state index contributed by atoms with van der Waals surface area (Å²) in [4.78, 5) is 36.0. The van der Waals surface area contributed by atoms with Crippen LogP contribution in [0.4, 0.5) is 8.78 Å². The van der Waals surface area contributed by atoms with E-state index in [-0.39, 0.29) is 48.4 Å². The van der Waals surface area contributed by atoms with E-state index in [1.165, 1.54) is 25.2 Å². The van der Waals surface area contributed by atoms with Gasteiger partial charge in [-0.25, -0.2) is 8.78 Å². The van der Waals surface area contributed by atoms with Crippen LogP contribution in [0.2, 0.25) is 0 Å². The summed E-state index contributed by atoms with van der Waals surface area (Å²) in [6, 6.07) is 0. The molecule has 0 aromatic rings. The fraction of sp³-hybridized carbons (Fsp3) is 0.708. The van der Waals surface area contributed by atoms with Gasteiger partial charge in [0.05, 0.1) is 6.10 Å². The molecular formula is C24H30F2O5. The van der Waals surface area contributed by atoms with Crippen LogP contribution in [-0.4, -0.2) is 47.2 Å². The van der Waals surface area contributed by atoms with Gasteiger partial charge in [0.25, 0.3) is 0 Å². The molecule has 0 amide bonds. The molecule has 0 saturated heterocycles. The first-order valence-electron chi connectivity index (χ1n) is 11.0. The molecule has 3 fully saturated rings. The Balaban J connectivity index is 1.74. The van der Waals surface area contributed by atoms with E-state index >= 15 is 8.78 Å². The van der Waals surface area contributed by atoms with Crippen molar-refractivity contribution in [3.63, 3.8) is 0 Å². The third-order valence-electron chi connectivity index (χ3n) is 8.73. The lowest BCUT2D eigenvalue weighted by Crippen LogP contribution is -2.68. The van der Waals surface area contributed by atoms with E-state index < -0.39 is 46.6 Å². The molecular weight excluding hydrogens is 406 g/mol. The zero-order valence-electron chi connectivity index (χ0n) is 18.4. The lowest BCUT2D eigenvalue weighted by Gasteiger charge is -2.62. The fourth-order valence-corrected chi connectivity index (χ4v) is 7.52. The van der Waals surface area contributed by atoms with Crippen molar-refractivity contribution >= 4 is 17.5 Å². The molecule has 1 N–H and O–H groups in total. The topological polar surface area (TPSA) is 80.7 Å². The molecule has 4 aliphatic carbocycles. The van der Waals surface area contributed by atoms with Crippen LogP contribution < -0.4 is 0 Å². The van der Waals surface area contributed by atoms with Gasteiger partial charge in [0.2, 0.25) is 0 Å². The maximum atomic E-state index is 17.0. The maximum absolute atomic E-state index is 17.0. The standard InChI is InChI=1S/C24H30F2O5/c1-12-7-15-16-9-18(25)17-8-14(28)5-6-23(17,4)24(16,26)20(30)10-22(15,3)21(12)19(29)11-31-13(2)27/h5-6,8,12,15-16,18,20-21,30H,7,9-11H2,1-4H3/t12-,15+,16+,18+,20+,21-,22+,23+,24+/m1/s1. The minimum atomic E-state index is -2.14. The van der Waals surface area contributed by atoms with Gasteiger partial charge in [-0.05, 0) is 61.2 Å². The number of hydrogen-bond donors (Lipinski definition) is 1. The van der Waals surface area contributed by atoms with Gasteiger partial charge in [0, 0.05) is 24.2 Å². The highest BCUT2D eigenvalue weighted by atomic mass is 19.1. The summed E-state index contributed by atoms with van der Waals surface area (Å²) in [7, 11) is 0. The highest BCUT2D eigenvalue weighted by Gasteiger charge is 2.73. The van der Waals surface area contributed by atoms with Crippen molar-refractivity contribution < 1.29 is 33.0 Å². The Bertz CT molecular complexity index is 896. The van der Waals surface area contributed by atoms with Gasteiger partial charge in [0.1, 0.15) is 12.8 Å². The molecule has 0 bridgehead atoms. The third kappa shape index (κ3) is 2.91. The molecule has 7 heteroatoms. The summed E-state index contributed by atoms with van der Waals surface area (Å²) in [6.07, 6.45) is 1.37. The van der Waals surface area contributed by atoms with E-state index in [0.717, 1.165) is 0 Å². The van der Waals surface area contributed by atoms with Crippen LogP contribution in [-0.2, 0) is 19.1 Å². The van der Waals surface area contributed by atoms with Crippen LogP contribution in [0.25, 0.3) is 0 Å². The zero-order chi connectivity index (χ0) is 22.9. The van der Waals surface area contributed by atoms with Crippen molar-refractivity contribution in [3.05, 3.63) is 23.8 Å². The number of fused-ring (bicyclic) bond motifs is 5. The van der Waals surface area contributed by atoms with Gasteiger partial charge < -0.3 is 9.84 Å². The Kier molecular flexibility index (Phi) is 5.08. The van der Waals surface area contributed by atoms with E-state index in [4.69, 9.17) is 4.74 Å². The van der Waals surface area contributed by atoms with E-state index in [1.807, 2.05) is 13.8 Å². The van der Waals surface area contributed by atoms with Gasteiger partial charge in [0.15, 0.2) is 17.2 Å². The quantitative estimate of drug-likeness (QED) is 0.687. The molecule has 0 aliphatic heterocycles. The first-order chi connectivity index (χ1) is 14.4. The number of rotatable bonds is 3. The summed E-state index contributed by atoms with van der Waals surface area (Å²) in [6.45, 7) is 6.23. The fourth-order valence-electron chi connectivity index (χ4n) is 7.52. The first-order valence-corrected chi connectivity index (χ1v) is 11.0. The van der Waals surface area contributed by atoms with Crippen molar-refractivity contribution in [2.75, 3.05) is 6.61 Å². The molecule has 0 radical (unpaired) electrons. The van der Waals surface area contributed by atoms with Gasteiger partial charge in [-0.15, -0.1) is 0 Å². The summed E-state index contributed by atoms with van der Waals surface area (Å²) in [5.41, 5.74) is -4.21. The highest BCUT2D eigenvalue weighted by molar-refractivity contribution is 6.01. The molecule has 0 aromatic carbocycles. The van der Waals surface area contributed by atoms with E-state index in [1.54, 1.807) is 6.92 Å². The second-order valence-corrected chi connectivity index (χ2v) is 10.4. The number of hydrogen-bond acceptors (Lipinski definition) is 5. The predicted molar refractivity (Wildman–Crippen MR) is 108 cm³/mol. The molecule has 9 atom stereocenters.